The van der Waals surface area contributed by atoms with Crippen molar-refractivity contribution in [2.75, 3.05) is 14.2 Å². The topological polar surface area (TPSA) is 69.2 Å². The van der Waals surface area contributed by atoms with Crippen molar-refractivity contribution in [3.8, 4) is 17.2 Å². The molecule has 0 heterocycles. The van der Waals surface area contributed by atoms with Gasteiger partial charge in [-0.05, 0) is 80.6 Å². The first-order chi connectivity index (χ1) is 15.0. The number of carbonyl (C=O) groups excluding carboxylic acids is 1. The molecule has 0 atom stereocenters. The Kier molecular flexibility index (Phi) is 8.52. The van der Waals surface area contributed by atoms with Gasteiger partial charge in [-0.25, -0.2) is 5.43 Å². The van der Waals surface area contributed by atoms with E-state index in [0.717, 1.165) is 24.0 Å². The maximum absolute atomic E-state index is 12.5. The number of nitrogens with one attached hydrogen (secondary N) is 1. The molecule has 0 spiro atoms. The van der Waals surface area contributed by atoms with Crippen LogP contribution in [0.2, 0.25) is 0 Å². The Bertz CT molecular complexity index is 1070. The molecule has 0 radical (unpaired) electrons. The molecular formula is C23H20I2N2O4. The van der Waals surface area contributed by atoms with Crippen LogP contribution in [-0.2, 0) is 6.61 Å². The second-order valence-corrected chi connectivity index (χ2v) is 8.68. The lowest BCUT2D eigenvalue weighted by Crippen LogP contribution is -2.18. The van der Waals surface area contributed by atoms with E-state index in [1.807, 2.05) is 42.5 Å². The van der Waals surface area contributed by atoms with E-state index in [0.29, 0.717) is 23.7 Å². The number of carbonyl (C=O) groups is 1. The van der Waals surface area contributed by atoms with Crippen molar-refractivity contribution in [1.82, 2.24) is 5.43 Å². The Balaban J connectivity index is 1.66. The summed E-state index contributed by atoms with van der Waals surface area (Å²) in [6, 6.07) is 18.9. The molecule has 8 heteroatoms. The Morgan fingerprint density at radius 3 is 2.35 bits per heavy atom. The lowest BCUT2D eigenvalue weighted by atomic mass is 10.2. The number of hydrogen-bond donors (Lipinski definition) is 1. The molecule has 0 aliphatic carbocycles. The van der Waals surface area contributed by atoms with Crippen LogP contribution >= 0.6 is 45.2 Å². The zero-order valence-electron chi connectivity index (χ0n) is 16.9. The highest BCUT2D eigenvalue weighted by molar-refractivity contribution is 14.1. The van der Waals surface area contributed by atoms with Gasteiger partial charge in [0.2, 0.25) is 0 Å². The molecule has 0 aromatic heterocycles. The van der Waals surface area contributed by atoms with E-state index in [9.17, 15) is 4.79 Å². The van der Waals surface area contributed by atoms with Gasteiger partial charge in [-0.15, -0.1) is 0 Å². The van der Waals surface area contributed by atoms with Crippen LogP contribution in [0.1, 0.15) is 21.5 Å². The third kappa shape index (κ3) is 6.33. The highest BCUT2D eigenvalue weighted by Crippen LogP contribution is 2.29. The van der Waals surface area contributed by atoms with Gasteiger partial charge < -0.3 is 14.2 Å². The summed E-state index contributed by atoms with van der Waals surface area (Å²) in [6.45, 7) is 0.500. The van der Waals surface area contributed by atoms with Gasteiger partial charge in [0.05, 0.1) is 33.1 Å². The highest BCUT2D eigenvalue weighted by Gasteiger charge is 2.13. The maximum atomic E-state index is 12.5. The van der Waals surface area contributed by atoms with E-state index < -0.39 is 0 Å². The average Bonchev–Trinajstić information content (AvgIpc) is 2.78. The SMILES string of the molecule is COc1ccc(C(=O)N/N=C\c2cc(I)c(OCc3ccccc3)c(I)c2)c(OC)c1. The molecule has 3 aromatic carbocycles. The summed E-state index contributed by atoms with van der Waals surface area (Å²) in [5.74, 6) is 1.48. The van der Waals surface area contributed by atoms with Crippen molar-refractivity contribution >= 4 is 57.3 Å². The minimum atomic E-state index is -0.372. The lowest BCUT2D eigenvalue weighted by molar-refractivity contribution is 0.0952. The van der Waals surface area contributed by atoms with E-state index in [2.05, 4.69) is 55.7 Å². The first kappa shape index (κ1) is 23.3. The van der Waals surface area contributed by atoms with Crippen LogP contribution in [0.25, 0.3) is 0 Å². The fraction of sp³-hybridized carbons (Fsp3) is 0.130. The molecule has 1 amide bonds. The Morgan fingerprint density at radius 1 is 1.00 bits per heavy atom. The first-order valence-electron chi connectivity index (χ1n) is 9.23. The zero-order chi connectivity index (χ0) is 22.2. The second-order valence-electron chi connectivity index (χ2n) is 6.35. The van der Waals surface area contributed by atoms with Crippen LogP contribution < -0.4 is 19.6 Å². The van der Waals surface area contributed by atoms with Gasteiger partial charge in [-0.3, -0.25) is 4.79 Å². The standard InChI is InChI=1S/C23H20I2N2O4/c1-29-17-8-9-18(21(12-17)30-2)23(28)27-26-13-16-10-19(24)22(20(25)11-16)31-14-15-6-4-3-5-7-15/h3-13H,14H2,1-2H3,(H,27,28)/b26-13-. The summed E-state index contributed by atoms with van der Waals surface area (Å²) < 4.78 is 18.3. The van der Waals surface area contributed by atoms with Crippen LogP contribution in [0.3, 0.4) is 0 Å². The molecule has 0 aliphatic heterocycles. The van der Waals surface area contributed by atoms with E-state index >= 15 is 0 Å². The predicted octanol–water partition coefficient (Wildman–Crippen LogP) is 5.26. The number of halogens is 2. The monoisotopic (exact) mass is 642 g/mol. The molecule has 0 aliphatic rings. The summed E-state index contributed by atoms with van der Waals surface area (Å²) in [5.41, 5.74) is 4.86. The van der Waals surface area contributed by atoms with E-state index in [1.165, 1.54) is 7.11 Å². The average molecular weight is 642 g/mol. The van der Waals surface area contributed by atoms with Gasteiger partial charge >= 0.3 is 0 Å². The fourth-order valence-electron chi connectivity index (χ4n) is 2.73. The van der Waals surface area contributed by atoms with Gasteiger partial charge in [0.1, 0.15) is 23.9 Å². The molecule has 31 heavy (non-hydrogen) atoms. The molecule has 0 saturated heterocycles. The number of ether oxygens (including phenoxy) is 3. The molecular weight excluding hydrogens is 622 g/mol. The fourth-order valence-corrected chi connectivity index (χ4v) is 4.86. The zero-order valence-corrected chi connectivity index (χ0v) is 21.2. The molecule has 6 nitrogen and oxygen atoms in total. The molecule has 0 bridgehead atoms. The van der Waals surface area contributed by atoms with E-state index in [1.54, 1.807) is 31.5 Å². The number of rotatable bonds is 8. The second kappa shape index (κ2) is 11.3. The van der Waals surface area contributed by atoms with Crippen LogP contribution in [-0.4, -0.2) is 26.3 Å². The lowest BCUT2D eigenvalue weighted by Gasteiger charge is -2.11. The number of benzene rings is 3. The third-order valence-corrected chi connectivity index (χ3v) is 5.88. The normalized spacial score (nSPS) is 10.7. The van der Waals surface area contributed by atoms with Crippen LogP contribution in [0.4, 0.5) is 0 Å². The van der Waals surface area contributed by atoms with Crippen LogP contribution in [0, 0.1) is 7.14 Å². The van der Waals surface area contributed by atoms with Crippen molar-refractivity contribution < 1.29 is 19.0 Å². The Hall–Kier alpha value is -2.34. The first-order valence-corrected chi connectivity index (χ1v) is 11.4. The number of methoxy groups -OCH3 is 2. The summed E-state index contributed by atoms with van der Waals surface area (Å²) in [4.78, 5) is 12.5. The number of nitrogens with zero attached hydrogens (tertiary/aromatic N) is 1. The molecule has 3 rings (SSSR count). The van der Waals surface area contributed by atoms with Crippen molar-refractivity contribution in [1.29, 1.82) is 0 Å². The maximum Gasteiger partial charge on any atom is 0.275 e. The molecule has 0 saturated carbocycles. The molecule has 160 valence electrons. The van der Waals surface area contributed by atoms with Gasteiger partial charge in [0.25, 0.3) is 5.91 Å². The minimum Gasteiger partial charge on any atom is -0.497 e. The molecule has 3 aromatic rings. The van der Waals surface area contributed by atoms with Crippen molar-refractivity contribution in [3.05, 3.63) is 84.5 Å². The summed E-state index contributed by atoms with van der Waals surface area (Å²) in [7, 11) is 3.06. The van der Waals surface area contributed by atoms with Gasteiger partial charge in [-0.2, -0.15) is 5.10 Å². The summed E-state index contributed by atoms with van der Waals surface area (Å²) in [5, 5.41) is 4.08. The third-order valence-electron chi connectivity index (χ3n) is 4.28. The van der Waals surface area contributed by atoms with E-state index in [4.69, 9.17) is 14.2 Å². The van der Waals surface area contributed by atoms with Gasteiger partial charge in [0, 0.05) is 6.07 Å². The number of hydrazone groups is 1. The molecule has 0 unspecified atom stereocenters. The largest absolute Gasteiger partial charge is 0.497 e. The summed E-state index contributed by atoms with van der Waals surface area (Å²) >= 11 is 4.48. The van der Waals surface area contributed by atoms with Gasteiger partial charge in [0.15, 0.2) is 0 Å². The van der Waals surface area contributed by atoms with Crippen LogP contribution in [0.15, 0.2) is 65.8 Å². The smallest absolute Gasteiger partial charge is 0.275 e. The van der Waals surface area contributed by atoms with E-state index in [-0.39, 0.29) is 5.91 Å². The Labute approximate surface area is 208 Å². The van der Waals surface area contributed by atoms with Crippen molar-refractivity contribution in [3.63, 3.8) is 0 Å². The van der Waals surface area contributed by atoms with Crippen LogP contribution in [0.5, 0.6) is 17.2 Å². The van der Waals surface area contributed by atoms with Gasteiger partial charge in [-0.1, -0.05) is 30.3 Å². The minimum absolute atomic E-state index is 0.370. The predicted molar refractivity (Wildman–Crippen MR) is 137 cm³/mol. The number of hydrogen-bond acceptors (Lipinski definition) is 5. The molecule has 1 N–H and O–H groups in total. The summed E-state index contributed by atoms with van der Waals surface area (Å²) in [6.07, 6.45) is 1.60. The van der Waals surface area contributed by atoms with Crippen molar-refractivity contribution in [2.45, 2.75) is 6.61 Å². The Morgan fingerprint density at radius 2 is 1.71 bits per heavy atom. The molecule has 0 fully saturated rings. The van der Waals surface area contributed by atoms with Crippen molar-refractivity contribution in [2.24, 2.45) is 5.10 Å². The quantitative estimate of drug-likeness (QED) is 0.207. The highest BCUT2D eigenvalue weighted by atomic mass is 127. The number of amides is 1.